The van der Waals surface area contributed by atoms with Gasteiger partial charge in [-0.25, -0.2) is 0 Å². The van der Waals surface area contributed by atoms with Crippen LogP contribution < -0.4 is 5.32 Å². The molecule has 3 fully saturated rings. The molecule has 0 spiro atoms. The third-order valence-electron chi connectivity index (χ3n) is 5.21. The molecule has 1 saturated heterocycles. The van der Waals surface area contributed by atoms with Crippen molar-refractivity contribution in [3.05, 3.63) is 0 Å². The molecule has 0 aromatic carbocycles. The summed E-state index contributed by atoms with van der Waals surface area (Å²) in [5.74, 6) is 3.15. The van der Waals surface area contributed by atoms with Crippen molar-refractivity contribution in [3.63, 3.8) is 0 Å². The highest BCUT2D eigenvalue weighted by Gasteiger charge is 2.41. The lowest BCUT2D eigenvalue weighted by atomic mass is 9.77. The number of piperazine rings is 1. The standard InChI is InChI=1S/C13H24N2/c1-10-11-2-3-12(10)9-13(8-11)15-6-4-14-5-7-15/h10-14H,2-9H2,1H3. The van der Waals surface area contributed by atoms with Gasteiger partial charge < -0.3 is 5.32 Å². The lowest BCUT2D eigenvalue weighted by Crippen LogP contribution is -2.50. The van der Waals surface area contributed by atoms with Crippen LogP contribution in [-0.4, -0.2) is 37.1 Å². The van der Waals surface area contributed by atoms with Gasteiger partial charge in [-0.15, -0.1) is 0 Å². The molecule has 1 N–H and O–H groups in total. The number of fused-ring (bicyclic) bond motifs is 2. The molecule has 2 unspecified atom stereocenters. The predicted molar refractivity (Wildman–Crippen MR) is 62.8 cm³/mol. The second-order valence-corrected chi connectivity index (χ2v) is 5.87. The van der Waals surface area contributed by atoms with Crippen LogP contribution in [0.5, 0.6) is 0 Å². The number of nitrogens with zero attached hydrogens (tertiary/aromatic N) is 1. The van der Waals surface area contributed by atoms with Crippen molar-refractivity contribution in [1.29, 1.82) is 0 Å². The van der Waals surface area contributed by atoms with E-state index in [2.05, 4.69) is 17.1 Å². The highest BCUT2D eigenvalue weighted by Crippen LogP contribution is 2.47. The summed E-state index contributed by atoms with van der Waals surface area (Å²) in [4.78, 5) is 2.76. The van der Waals surface area contributed by atoms with Gasteiger partial charge in [0.2, 0.25) is 0 Å². The van der Waals surface area contributed by atoms with Crippen LogP contribution in [0.3, 0.4) is 0 Å². The van der Waals surface area contributed by atoms with Crippen LogP contribution in [0, 0.1) is 17.8 Å². The maximum absolute atomic E-state index is 3.46. The summed E-state index contributed by atoms with van der Waals surface area (Å²) in [5.41, 5.74) is 0. The molecule has 3 aliphatic rings. The van der Waals surface area contributed by atoms with E-state index >= 15 is 0 Å². The Morgan fingerprint density at radius 2 is 1.60 bits per heavy atom. The van der Waals surface area contributed by atoms with Gasteiger partial charge in [-0.3, -0.25) is 4.90 Å². The van der Waals surface area contributed by atoms with E-state index < -0.39 is 0 Å². The molecule has 2 bridgehead atoms. The third kappa shape index (κ3) is 1.83. The van der Waals surface area contributed by atoms with Gasteiger partial charge in [0.1, 0.15) is 0 Å². The van der Waals surface area contributed by atoms with Crippen molar-refractivity contribution in [2.75, 3.05) is 26.2 Å². The monoisotopic (exact) mass is 208 g/mol. The molecule has 15 heavy (non-hydrogen) atoms. The van der Waals surface area contributed by atoms with E-state index in [1.165, 1.54) is 51.9 Å². The quantitative estimate of drug-likeness (QED) is 0.706. The van der Waals surface area contributed by atoms with E-state index in [4.69, 9.17) is 0 Å². The Hall–Kier alpha value is -0.0800. The highest BCUT2D eigenvalue weighted by molar-refractivity contribution is 4.94. The third-order valence-corrected chi connectivity index (χ3v) is 5.21. The summed E-state index contributed by atoms with van der Waals surface area (Å²) in [6.07, 6.45) is 6.04. The van der Waals surface area contributed by atoms with Crippen molar-refractivity contribution in [2.45, 2.75) is 38.6 Å². The molecule has 0 amide bonds. The molecule has 0 aromatic heterocycles. The molecule has 1 heterocycles. The normalized spacial score (nSPS) is 47.0. The lowest BCUT2D eigenvalue weighted by Gasteiger charge is -2.41. The topological polar surface area (TPSA) is 15.3 Å². The summed E-state index contributed by atoms with van der Waals surface area (Å²) in [6, 6.07) is 0.931. The van der Waals surface area contributed by atoms with Crippen LogP contribution in [0.15, 0.2) is 0 Å². The molecule has 3 rings (SSSR count). The van der Waals surface area contributed by atoms with Gasteiger partial charge in [-0.1, -0.05) is 6.92 Å². The van der Waals surface area contributed by atoms with Crippen molar-refractivity contribution < 1.29 is 0 Å². The van der Waals surface area contributed by atoms with Crippen LogP contribution in [-0.2, 0) is 0 Å². The van der Waals surface area contributed by atoms with Gasteiger partial charge in [0, 0.05) is 32.2 Å². The average molecular weight is 208 g/mol. The van der Waals surface area contributed by atoms with Gasteiger partial charge in [0.25, 0.3) is 0 Å². The van der Waals surface area contributed by atoms with E-state index in [1.807, 2.05) is 0 Å². The molecule has 1 aliphatic heterocycles. The molecular formula is C13H24N2. The predicted octanol–water partition coefficient (Wildman–Crippen LogP) is 1.72. The maximum Gasteiger partial charge on any atom is 0.0110 e. The summed E-state index contributed by atoms with van der Waals surface area (Å²) in [5, 5.41) is 3.46. The molecule has 0 radical (unpaired) electrons. The molecule has 86 valence electrons. The Kier molecular flexibility index (Phi) is 2.73. The first-order chi connectivity index (χ1) is 7.34. The van der Waals surface area contributed by atoms with Crippen molar-refractivity contribution >= 4 is 0 Å². The molecule has 2 atom stereocenters. The van der Waals surface area contributed by atoms with E-state index in [9.17, 15) is 0 Å². The Bertz CT molecular complexity index is 209. The minimum atomic E-state index is 0.931. The van der Waals surface area contributed by atoms with Crippen molar-refractivity contribution in [3.8, 4) is 0 Å². The van der Waals surface area contributed by atoms with Crippen molar-refractivity contribution in [2.24, 2.45) is 17.8 Å². The summed E-state index contributed by atoms with van der Waals surface area (Å²) in [7, 11) is 0. The van der Waals surface area contributed by atoms with Gasteiger partial charge >= 0.3 is 0 Å². The second kappa shape index (κ2) is 4.06. The van der Waals surface area contributed by atoms with E-state index in [1.54, 1.807) is 0 Å². The molecule has 0 aromatic rings. The molecule has 2 saturated carbocycles. The first-order valence-electron chi connectivity index (χ1n) is 6.79. The SMILES string of the molecule is CC1C2CCC1CC(N1CCNCC1)C2. The lowest BCUT2D eigenvalue weighted by molar-refractivity contribution is 0.0858. The molecular weight excluding hydrogens is 184 g/mol. The largest absolute Gasteiger partial charge is 0.314 e. The fraction of sp³-hybridized carbons (Fsp3) is 1.00. The van der Waals surface area contributed by atoms with Crippen LogP contribution >= 0.6 is 0 Å². The van der Waals surface area contributed by atoms with E-state index in [0.717, 1.165) is 23.8 Å². The fourth-order valence-electron chi connectivity index (χ4n) is 4.14. The Balaban J connectivity index is 1.64. The molecule has 2 heteroatoms. The van der Waals surface area contributed by atoms with Crippen LogP contribution in [0.1, 0.15) is 32.6 Å². The number of hydrogen-bond donors (Lipinski definition) is 1. The van der Waals surface area contributed by atoms with Crippen molar-refractivity contribution in [1.82, 2.24) is 10.2 Å². The van der Waals surface area contributed by atoms with Gasteiger partial charge in [0.05, 0.1) is 0 Å². The number of hydrogen-bond acceptors (Lipinski definition) is 2. The zero-order valence-electron chi connectivity index (χ0n) is 9.91. The zero-order chi connectivity index (χ0) is 10.3. The zero-order valence-corrected chi connectivity index (χ0v) is 9.91. The Morgan fingerprint density at radius 1 is 1.00 bits per heavy atom. The number of nitrogens with one attached hydrogen (secondary N) is 1. The first-order valence-corrected chi connectivity index (χ1v) is 6.79. The van der Waals surface area contributed by atoms with Crippen LogP contribution in [0.25, 0.3) is 0 Å². The minimum absolute atomic E-state index is 0.931. The summed E-state index contributed by atoms with van der Waals surface area (Å²) in [6.45, 7) is 7.50. The van der Waals surface area contributed by atoms with Crippen LogP contribution in [0.4, 0.5) is 0 Å². The van der Waals surface area contributed by atoms with E-state index in [-0.39, 0.29) is 0 Å². The molecule has 2 nitrogen and oxygen atoms in total. The minimum Gasteiger partial charge on any atom is -0.314 e. The van der Waals surface area contributed by atoms with Crippen LogP contribution in [0.2, 0.25) is 0 Å². The van der Waals surface area contributed by atoms with E-state index in [0.29, 0.717) is 0 Å². The van der Waals surface area contributed by atoms with Gasteiger partial charge in [0.15, 0.2) is 0 Å². The molecule has 2 aliphatic carbocycles. The number of rotatable bonds is 1. The Morgan fingerprint density at radius 3 is 2.20 bits per heavy atom. The first kappa shape index (κ1) is 10.1. The maximum atomic E-state index is 3.46. The summed E-state index contributed by atoms with van der Waals surface area (Å²) < 4.78 is 0. The second-order valence-electron chi connectivity index (χ2n) is 5.87. The highest BCUT2D eigenvalue weighted by atomic mass is 15.2. The summed E-state index contributed by atoms with van der Waals surface area (Å²) >= 11 is 0. The smallest absolute Gasteiger partial charge is 0.0110 e. The van der Waals surface area contributed by atoms with Gasteiger partial charge in [-0.05, 0) is 43.4 Å². The average Bonchev–Trinajstić information content (AvgIpc) is 2.54. The fourth-order valence-corrected chi connectivity index (χ4v) is 4.14. The van der Waals surface area contributed by atoms with Gasteiger partial charge in [-0.2, -0.15) is 0 Å². The Labute approximate surface area is 93.4 Å².